The zero-order chi connectivity index (χ0) is 18.9. The largest absolute Gasteiger partial charge is 0.492 e. The van der Waals surface area contributed by atoms with Gasteiger partial charge in [-0.05, 0) is 60.0 Å². The van der Waals surface area contributed by atoms with Crippen LogP contribution in [0.25, 0.3) is 28.2 Å². The molecule has 1 aliphatic rings. The Morgan fingerprint density at radius 1 is 1.21 bits per heavy atom. The van der Waals surface area contributed by atoms with Crippen molar-refractivity contribution in [1.82, 2.24) is 30.2 Å². The number of nitrogens with two attached hydrogens (primary N) is 1. The van der Waals surface area contributed by atoms with Crippen LogP contribution in [0.15, 0.2) is 47.4 Å². The van der Waals surface area contributed by atoms with Crippen molar-refractivity contribution in [3.63, 3.8) is 0 Å². The molecule has 0 spiro atoms. The maximum Gasteiger partial charge on any atom is 0.199 e. The summed E-state index contributed by atoms with van der Waals surface area (Å²) < 4.78 is 12.6. The van der Waals surface area contributed by atoms with Gasteiger partial charge in [0.2, 0.25) is 0 Å². The van der Waals surface area contributed by atoms with Crippen LogP contribution in [0.3, 0.4) is 0 Å². The van der Waals surface area contributed by atoms with Crippen molar-refractivity contribution in [3.05, 3.63) is 42.7 Å². The first-order valence-corrected chi connectivity index (χ1v) is 9.17. The number of pyridine rings is 1. The van der Waals surface area contributed by atoms with Crippen molar-refractivity contribution in [2.75, 3.05) is 18.9 Å². The van der Waals surface area contributed by atoms with Crippen LogP contribution < -0.4 is 15.8 Å². The molecule has 0 radical (unpaired) electrons. The molecule has 28 heavy (non-hydrogen) atoms. The molecule has 5 rings (SSSR count). The number of benzene rings is 1. The Hall–Kier alpha value is -3.46. The molecule has 142 valence electrons. The van der Waals surface area contributed by atoms with Gasteiger partial charge in [-0.1, -0.05) is 0 Å². The van der Waals surface area contributed by atoms with Crippen molar-refractivity contribution in [2.45, 2.75) is 18.9 Å². The van der Waals surface area contributed by atoms with E-state index < -0.39 is 0 Å². The molecule has 4 aromatic rings. The van der Waals surface area contributed by atoms with Crippen LogP contribution in [0.1, 0.15) is 12.8 Å². The average Bonchev–Trinajstić information content (AvgIpc) is 3.46. The maximum absolute atomic E-state index is 5.92. The van der Waals surface area contributed by atoms with Crippen LogP contribution in [0, 0.1) is 0 Å². The molecule has 3 aromatic heterocycles. The smallest absolute Gasteiger partial charge is 0.199 e. The Kier molecular flexibility index (Phi) is 4.13. The van der Waals surface area contributed by atoms with E-state index in [-0.39, 0.29) is 5.82 Å². The second-order valence-corrected chi connectivity index (χ2v) is 6.73. The van der Waals surface area contributed by atoms with E-state index >= 15 is 0 Å². The highest BCUT2D eigenvalue weighted by molar-refractivity contribution is 5.83. The van der Waals surface area contributed by atoms with Crippen molar-refractivity contribution >= 4 is 16.9 Å². The number of nitrogens with zero attached hydrogens (tertiary/aromatic N) is 5. The second-order valence-electron chi connectivity index (χ2n) is 6.73. The van der Waals surface area contributed by atoms with Crippen molar-refractivity contribution < 1.29 is 9.37 Å². The average molecular weight is 377 g/mol. The number of nitrogens with one attached hydrogen (secondary N) is 1. The molecule has 1 atom stereocenters. The quantitative estimate of drug-likeness (QED) is 0.543. The van der Waals surface area contributed by atoms with Gasteiger partial charge in [-0.3, -0.25) is 9.55 Å². The van der Waals surface area contributed by atoms with Gasteiger partial charge >= 0.3 is 0 Å². The van der Waals surface area contributed by atoms with Gasteiger partial charge in [0.05, 0.1) is 11.7 Å². The standard InChI is InChI=1S/C19H19N7O2/c20-18-17(24-28-25-18)19-23-15-10-21-9-7-16(15)26(19)13-3-5-14(6-4-13)27-11-12-2-1-8-22-12/h3-7,9-10,12,22H,1-2,8,11H2,(H2,20,25)/t12-/m0/s1. The molecule has 1 aliphatic heterocycles. The molecule has 0 bridgehead atoms. The van der Waals surface area contributed by atoms with E-state index in [1.165, 1.54) is 6.42 Å². The first-order chi connectivity index (χ1) is 13.8. The molecule has 1 fully saturated rings. The lowest BCUT2D eigenvalue weighted by atomic mass is 10.2. The molecule has 3 N–H and O–H groups in total. The van der Waals surface area contributed by atoms with E-state index in [2.05, 4.69) is 25.6 Å². The molecule has 0 saturated carbocycles. The molecule has 0 aliphatic carbocycles. The van der Waals surface area contributed by atoms with E-state index in [0.717, 1.165) is 35.4 Å². The third-order valence-electron chi connectivity index (χ3n) is 4.89. The molecule has 1 aromatic carbocycles. The summed E-state index contributed by atoms with van der Waals surface area (Å²) in [5.41, 5.74) is 8.81. The fourth-order valence-corrected chi connectivity index (χ4v) is 3.49. The van der Waals surface area contributed by atoms with Gasteiger partial charge in [0.25, 0.3) is 0 Å². The first-order valence-electron chi connectivity index (χ1n) is 9.17. The predicted octanol–water partition coefficient (Wildman–Crippen LogP) is 2.18. The third kappa shape index (κ3) is 2.95. The highest BCUT2D eigenvalue weighted by atomic mass is 16.6. The summed E-state index contributed by atoms with van der Waals surface area (Å²) >= 11 is 0. The fraction of sp³-hybridized carbons (Fsp3) is 0.263. The third-order valence-corrected chi connectivity index (χ3v) is 4.89. The summed E-state index contributed by atoms with van der Waals surface area (Å²) in [7, 11) is 0. The van der Waals surface area contributed by atoms with Gasteiger partial charge < -0.3 is 15.8 Å². The van der Waals surface area contributed by atoms with Crippen LogP contribution in [-0.4, -0.2) is 44.0 Å². The summed E-state index contributed by atoms with van der Waals surface area (Å²) in [4.78, 5) is 8.77. The maximum atomic E-state index is 5.92. The van der Waals surface area contributed by atoms with Crippen LogP contribution >= 0.6 is 0 Å². The van der Waals surface area contributed by atoms with Crippen molar-refractivity contribution in [3.8, 4) is 23.0 Å². The van der Waals surface area contributed by atoms with Gasteiger partial charge in [0, 0.05) is 17.9 Å². The highest BCUT2D eigenvalue weighted by Crippen LogP contribution is 2.30. The Bertz CT molecular complexity index is 1100. The normalized spacial score (nSPS) is 16.6. The van der Waals surface area contributed by atoms with E-state index in [1.807, 2.05) is 34.9 Å². The Morgan fingerprint density at radius 2 is 2.11 bits per heavy atom. The van der Waals surface area contributed by atoms with Crippen LogP contribution in [0.4, 0.5) is 5.82 Å². The second kappa shape index (κ2) is 6.93. The number of hydrogen-bond acceptors (Lipinski definition) is 8. The summed E-state index contributed by atoms with van der Waals surface area (Å²) in [6, 6.07) is 10.2. The Labute approximate surface area is 160 Å². The molecule has 4 heterocycles. The summed E-state index contributed by atoms with van der Waals surface area (Å²) in [6.45, 7) is 1.74. The summed E-state index contributed by atoms with van der Waals surface area (Å²) in [5.74, 6) is 1.56. The van der Waals surface area contributed by atoms with E-state index in [1.54, 1.807) is 12.4 Å². The van der Waals surface area contributed by atoms with Crippen LogP contribution in [0.2, 0.25) is 0 Å². The minimum absolute atomic E-state index is 0.188. The Balaban J connectivity index is 1.50. The van der Waals surface area contributed by atoms with Gasteiger partial charge in [-0.15, -0.1) is 0 Å². The lowest BCUT2D eigenvalue weighted by Gasteiger charge is -2.13. The number of ether oxygens (including phenoxy) is 1. The summed E-state index contributed by atoms with van der Waals surface area (Å²) in [6.07, 6.45) is 5.79. The van der Waals surface area contributed by atoms with E-state index in [9.17, 15) is 0 Å². The van der Waals surface area contributed by atoms with Gasteiger partial charge in [-0.2, -0.15) is 0 Å². The fourth-order valence-electron chi connectivity index (χ4n) is 3.49. The number of rotatable bonds is 5. The number of aromatic nitrogens is 5. The SMILES string of the molecule is Nc1nonc1-c1nc2cnccc2n1-c1ccc(OC[C@@H]2CCCN2)cc1. The number of fused-ring (bicyclic) bond motifs is 1. The molecule has 0 unspecified atom stereocenters. The number of imidazole rings is 1. The molecule has 9 heteroatoms. The van der Waals surface area contributed by atoms with Crippen molar-refractivity contribution in [1.29, 1.82) is 0 Å². The molecule has 0 amide bonds. The van der Waals surface area contributed by atoms with Crippen molar-refractivity contribution in [2.24, 2.45) is 0 Å². The number of hydrogen-bond donors (Lipinski definition) is 2. The van der Waals surface area contributed by atoms with E-state index in [4.69, 9.17) is 15.1 Å². The van der Waals surface area contributed by atoms with Crippen LogP contribution in [-0.2, 0) is 0 Å². The van der Waals surface area contributed by atoms with Crippen LogP contribution in [0.5, 0.6) is 5.75 Å². The zero-order valence-electron chi connectivity index (χ0n) is 15.1. The zero-order valence-corrected chi connectivity index (χ0v) is 15.1. The number of anilines is 1. The summed E-state index contributed by atoms with van der Waals surface area (Å²) in [5, 5.41) is 11.0. The minimum Gasteiger partial charge on any atom is -0.492 e. The van der Waals surface area contributed by atoms with Gasteiger partial charge in [-0.25, -0.2) is 9.61 Å². The van der Waals surface area contributed by atoms with E-state index in [0.29, 0.717) is 24.2 Å². The molecular formula is C19H19N7O2. The molecule has 9 nitrogen and oxygen atoms in total. The highest BCUT2D eigenvalue weighted by Gasteiger charge is 2.20. The minimum atomic E-state index is 0.188. The first kappa shape index (κ1) is 16.7. The molecule has 1 saturated heterocycles. The topological polar surface area (TPSA) is 117 Å². The van der Waals surface area contributed by atoms with Gasteiger partial charge in [0.1, 0.15) is 17.9 Å². The monoisotopic (exact) mass is 377 g/mol. The molecular weight excluding hydrogens is 358 g/mol. The lowest BCUT2D eigenvalue weighted by molar-refractivity contribution is 0.277. The predicted molar refractivity (Wildman–Crippen MR) is 103 cm³/mol. The Morgan fingerprint density at radius 3 is 2.86 bits per heavy atom. The lowest BCUT2D eigenvalue weighted by Crippen LogP contribution is -2.28. The number of nitrogen functional groups attached to an aromatic ring is 1. The van der Waals surface area contributed by atoms with Gasteiger partial charge in [0.15, 0.2) is 17.3 Å².